The molecule has 0 spiro atoms. The summed E-state index contributed by atoms with van der Waals surface area (Å²) in [6.45, 7) is 0. The zero-order chi connectivity index (χ0) is 14.0. The number of anilines is 3. The van der Waals surface area contributed by atoms with E-state index in [1.807, 2.05) is 0 Å². The van der Waals surface area contributed by atoms with Crippen LogP contribution in [0.3, 0.4) is 0 Å². The summed E-state index contributed by atoms with van der Waals surface area (Å²) in [7, 11) is 0. The van der Waals surface area contributed by atoms with Crippen LogP contribution in [0.4, 0.5) is 17.1 Å². The van der Waals surface area contributed by atoms with Gasteiger partial charge in [-0.15, -0.1) is 0 Å². The molecule has 0 aliphatic rings. The summed E-state index contributed by atoms with van der Waals surface area (Å²) in [4.78, 5) is 11.1. The van der Waals surface area contributed by atoms with Crippen molar-refractivity contribution >= 4 is 46.2 Å². The van der Waals surface area contributed by atoms with Crippen molar-refractivity contribution in [1.82, 2.24) is 0 Å². The Morgan fingerprint density at radius 2 is 1.84 bits per heavy atom. The van der Waals surface area contributed by atoms with Gasteiger partial charge in [0.2, 0.25) is 0 Å². The second-order valence-electron chi connectivity index (χ2n) is 3.86. The van der Waals surface area contributed by atoms with E-state index in [0.29, 0.717) is 27.1 Å². The topological polar surface area (TPSA) is 75.4 Å². The number of carbonyl (C=O) groups is 1. The molecule has 4 nitrogen and oxygen atoms in total. The minimum atomic E-state index is -1.05. The lowest BCUT2D eigenvalue weighted by Crippen LogP contribution is -2.03. The smallest absolute Gasteiger partial charge is 0.337 e. The van der Waals surface area contributed by atoms with Gasteiger partial charge in [0.15, 0.2) is 0 Å². The fraction of sp³-hybridized carbons (Fsp3) is 0. The third kappa shape index (κ3) is 3.10. The maximum Gasteiger partial charge on any atom is 0.337 e. The van der Waals surface area contributed by atoms with Crippen LogP contribution in [0, 0.1) is 0 Å². The van der Waals surface area contributed by atoms with E-state index in [9.17, 15) is 4.79 Å². The standard InChI is InChI=1S/C13H10Cl2N2O2/c14-7-1-4-11(10(15)5-7)17-12-6-8(16)2-3-9(12)13(18)19/h1-6,17H,16H2,(H,18,19). The van der Waals surface area contributed by atoms with Crippen LogP contribution in [-0.4, -0.2) is 11.1 Å². The second kappa shape index (κ2) is 5.38. The van der Waals surface area contributed by atoms with Crippen LogP contribution in [0.1, 0.15) is 10.4 Å². The van der Waals surface area contributed by atoms with Crippen LogP contribution in [0.5, 0.6) is 0 Å². The van der Waals surface area contributed by atoms with Gasteiger partial charge in [-0.1, -0.05) is 23.2 Å². The SMILES string of the molecule is Nc1ccc(C(=O)O)c(Nc2ccc(Cl)cc2Cl)c1. The van der Waals surface area contributed by atoms with Crippen LogP contribution in [0.25, 0.3) is 0 Å². The van der Waals surface area contributed by atoms with E-state index < -0.39 is 5.97 Å². The van der Waals surface area contributed by atoms with Gasteiger partial charge < -0.3 is 16.2 Å². The first-order valence-corrected chi connectivity index (χ1v) is 6.08. The fourth-order valence-corrected chi connectivity index (χ4v) is 2.04. The van der Waals surface area contributed by atoms with Crippen molar-refractivity contribution in [3.8, 4) is 0 Å². The second-order valence-corrected chi connectivity index (χ2v) is 4.70. The number of benzene rings is 2. The highest BCUT2D eigenvalue weighted by Gasteiger charge is 2.11. The van der Waals surface area contributed by atoms with Gasteiger partial charge in [-0.2, -0.15) is 0 Å². The van der Waals surface area contributed by atoms with Gasteiger partial charge in [0.1, 0.15) is 0 Å². The number of rotatable bonds is 3. The van der Waals surface area contributed by atoms with Gasteiger partial charge in [0.05, 0.1) is 22.0 Å². The largest absolute Gasteiger partial charge is 0.478 e. The van der Waals surface area contributed by atoms with Crippen molar-refractivity contribution in [3.63, 3.8) is 0 Å². The third-order valence-corrected chi connectivity index (χ3v) is 3.02. The van der Waals surface area contributed by atoms with Crippen molar-refractivity contribution in [1.29, 1.82) is 0 Å². The van der Waals surface area contributed by atoms with Crippen molar-refractivity contribution in [2.45, 2.75) is 0 Å². The zero-order valence-electron chi connectivity index (χ0n) is 9.65. The maximum absolute atomic E-state index is 11.1. The van der Waals surface area contributed by atoms with E-state index in [4.69, 9.17) is 34.0 Å². The minimum absolute atomic E-state index is 0.111. The first-order valence-electron chi connectivity index (χ1n) is 5.32. The average Bonchev–Trinajstić information content (AvgIpc) is 2.32. The number of hydrogen-bond donors (Lipinski definition) is 3. The van der Waals surface area contributed by atoms with Gasteiger partial charge in [0.25, 0.3) is 0 Å². The van der Waals surface area contributed by atoms with Crippen LogP contribution >= 0.6 is 23.2 Å². The Morgan fingerprint density at radius 3 is 2.47 bits per heavy atom. The average molecular weight is 297 g/mol. The molecule has 0 aliphatic heterocycles. The molecule has 2 aromatic carbocycles. The van der Waals surface area contributed by atoms with Gasteiger partial charge in [0, 0.05) is 10.7 Å². The number of aromatic carboxylic acids is 1. The van der Waals surface area contributed by atoms with E-state index in [1.165, 1.54) is 18.2 Å². The summed E-state index contributed by atoms with van der Waals surface area (Å²) in [6.07, 6.45) is 0. The van der Waals surface area contributed by atoms with Gasteiger partial charge in [-0.05, 0) is 36.4 Å². The fourth-order valence-electron chi connectivity index (χ4n) is 1.59. The Balaban J connectivity index is 2.42. The number of halogens is 2. The molecule has 2 aromatic rings. The number of carboxylic acids is 1. The molecule has 0 amide bonds. The molecular weight excluding hydrogens is 287 g/mol. The maximum atomic E-state index is 11.1. The molecule has 0 saturated heterocycles. The number of nitrogens with one attached hydrogen (secondary N) is 1. The Labute approximate surface area is 119 Å². The molecule has 2 rings (SSSR count). The lowest BCUT2D eigenvalue weighted by atomic mass is 10.1. The predicted molar refractivity (Wildman–Crippen MR) is 77.6 cm³/mol. The number of carboxylic acid groups (broad SMARTS) is 1. The molecule has 6 heteroatoms. The Morgan fingerprint density at radius 1 is 1.11 bits per heavy atom. The quantitative estimate of drug-likeness (QED) is 0.748. The monoisotopic (exact) mass is 296 g/mol. The highest BCUT2D eigenvalue weighted by Crippen LogP contribution is 2.30. The van der Waals surface area contributed by atoms with Crippen LogP contribution in [0.2, 0.25) is 10.0 Å². The van der Waals surface area contributed by atoms with Gasteiger partial charge in [-0.25, -0.2) is 4.79 Å². The molecular formula is C13H10Cl2N2O2. The molecule has 0 heterocycles. The summed E-state index contributed by atoms with van der Waals surface area (Å²) < 4.78 is 0. The van der Waals surface area contributed by atoms with Crippen molar-refractivity contribution in [3.05, 3.63) is 52.0 Å². The van der Waals surface area contributed by atoms with Crippen molar-refractivity contribution < 1.29 is 9.90 Å². The van der Waals surface area contributed by atoms with E-state index in [2.05, 4.69) is 5.32 Å². The molecule has 19 heavy (non-hydrogen) atoms. The first kappa shape index (κ1) is 13.5. The van der Waals surface area contributed by atoms with Crippen LogP contribution < -0.4 is 11.1 Å². The summed E-state index contributed by atoms with van der Waals surface area (Å²) in [5, 5.41) is 12.9. The van der Waals surface area contributed by atoms with Gasteiger partial charge >= 0.3 is 5.97 Å². The molecule has 0 atom stereocenters. The highest BCUT2D eigenvalue weighted by atomic mass is 35.5. The Bertz CT molecular complexity index is 645. The van der Waals surface area contributed by atoms with Crippen molar-refractivity contribution in [2.75, 3.05) is 11.1 Å². The highest BCUT2D eigenvalue weighted by molar-refractivity contribution is 6.36. The zero-order valence-corrected chi connectivity index (χ0v) is 11.2. The molecule has 0 radical (unpaired) electrons. The van der Waals surface area contributed by atoms with E-state index >= 15 is 0 Å². The van der Waals surface area contributed by atoms with Crippen molar-refractivity contribution in [2.24, 2.45) is 0 Å². The Hall–Kier alpha value is -1.91. The van der Waals surface area contributed by atoms with E-state index in [0.717, 1.165) is 0 Å². The normalized spacial score (nSPS) is 10.2. The Kier molecular flexibility index (Phi) is 3.83. The molecule has 0 bridgehead atoms. The summed E-state index contributed by atoms with van der Waals surface area (Å²) in [6, 6.07) is 9.39. The first-order chi connectivity index (χ1) is 8.97. The van der Waals surface area contributed by atoms with E-state index in [1.54, 1.807) is 18.2 Å². The van der Waals surface area contributed by atoms with E-state index in [-0.39, 0.29) is 5.56 Å². The van der Waals surface area contributed by atoms with Crippen LogP contribution in [-0.2, 0) is 0 Å². The number of nitrogen functional groups attached to an aromatic ring is 1. The molecule has 0 aromatic heterocycles. The molecule has 98 valence electrons. The summed E-state index contributed by atoms with van der Waals surface area (Å²) in [5.41, 5.74) is 7.15. The minimum Gasteiger partial charge on any atom is -0.478 e. The molecule has 0 saturated carbocycles. The van der Waals surface area contributed by atoms with Crippen LogP contribution in [0.15, 0.2) is 36.4 Å². The molecule has 0 fully saturated rings. The number of nitrogens with two attached hydrogens (primary N) is 1. The number of hydrogen-bond acceptors (Lipinski definition) is 3. The lowest BCUT2D eigenvalue weighted by molar-refractivity contribution is 0.0698. The molecule has 0 aliphatic carbocycles. The molecule has 0 unspecified atom stereocenters. The van der Waals surface area contributed by atoms with Gasteiger partial charge in [-0.3, -0.25) is 0 Å². The lowest BCUT2D eigenvalue weighted by Gasteiger charge is -2.12. The predicted octanol–water partition coefficient (Wildman–Crippen LogP) is 4.02. The molecule has 4 N–H and O–H groups in total. The summed E-state index contributed by atoms with van der Waals surface area (Å²) in [5.74, 6) is -1.05. The summed E-state index contributed by atoms with van der Waals surface area (Å²) >= 11 is 11.8. The third-order valence-electron chi connectivity index (χ3n) is 2.47.